The minimum absolute atomic E-state index is 0.0833. The van der Waals surface area contributed by atoms with Crippen LogP contribution in [0.3, 0.4) is 0 Å². The molecule has 4 N–H and O–H groups in total. The van der Waals surface area contributed by atoms with E-state index in [0.29, 0.717) is 0 Å². The van der Waals surface area contributed by atoms with Crippen molar-refractivity contribution in [3.63, 3.8) is 0 Å². The number of aliphatic hydroxyl groups is 2. The molecule has 0 saturated carbocycles. The Balaban J connectivity index is -0.0000000731. The van der Waals surface area contributed by atoms with Crippen molar-refractivity contribution in [3.8, 4) is 0 Å². The van der Waals surface area contributed by atoms with Crippen LogP contribution < -0.4 is 0 Å². The Labute approximate surface area is 118 Å². The summed E-state index contributed by atoms with van der Waals surface area (Å²) in [7, 11) is 1.68. The molecule has 0 amide bonds. The van der Waals surface area contributed by atoms with E-state index in [1.54, 1.807) is 7.11 Å². The molecule has 18 heavy (non-hydrogen) atoms. The van der Waals surface area contributed by atoms with Gasteiger partial charge in [-0.3, -0.25) is 9.59 Å². The summed E-state index contributed by atoms with van der Waals surface area (Å²) in [6, 6.07) is 0. The number of methoxy groups -OCH3 is 1. The van der Waals surface area contributed by atoms with Gasteiger partial charge in [-0.1, -0.05) is 0 Å². The number of carboxylic acid groups (broad SMARTS) is 2. The van der Waals surface area contributed by atoms with Gasteiger partial charge in [0.05, 0.1) is 24.7 Å². The first-order chi connectivity index (χ1) is 8.37. The highest BCUT2D eigenvalue weighted by Gasteiger charge is 1.82. The van der Waals surface area contributed by atoms with E-state index in [1.807, 2.05) is 6.92 Å². The van der Waals surface area contributed by atoms with E-state index in [2.05, 4.69) is 30.0 Å². The Bertz CT molecular complexity index is 145. The van der Waals surface area contributed by atoms with Gasteiger partial charge in [0.25, 0.3) is 0 Å². The summed E-state index contributed by atoms with van der Waals surface area (Å²) in [5, 5.41) is 30.5. The van der Waals surface area contributed by atoms with Crippen molar-refractivity contribution < 1.29 is 34.8 Å². The fourth-order valence-corrected chi connectivity index (χ4v) is 0. The van der Waals surface area contributed by atoms with E-state index in [4.69, 9.17) is 20.4 Å². The largest absolute Gasteiger partial charge is 0.481 e. The first-order valence-corrected chi connectivity index (χ1v) is 6.00. The zero-order valence-corrected chi connectivity index (χ0v) is 12.2. The summed E-state index contributed by atoms with van der Waals surface area (Å²) in [5.41, 5.74) is 0. The first kappa shape index (κ1) is 26.2. The molecule has 0 aromatic rings. The van der Waals surface area contributed by atoms with Crippen LogP contribution in [0.15, 0.2) is 0 Å². The van der Waals surface area contributed by atoms with Crippen LogP contribution in [0.2, 0.25) is 0 Å². The third-order valence-corrected chi connectivity index (χ3v) is 1.20. The van der Waals surface area contributed by atoms with Crippen molar-refractivity contribution in [2.24, 2.45) is 0 Å². The number of thiol groups is 2. The van der Waals surface area contributed by atoms with E-state index in [9.17, 15) is 9.59 Å². The number of aliphatic hydroxyl groups excluding tert-OH is 2. The lowest BCUT2D eigenvalue weighted by molar-refractivity contribution is -0.134. The molecule has 0 fully saturated rings. The molecule has 0 aliphatic heterocycles. The van der Waals surface area contributed by atoms with E-state index >= 15 is 0 Å². The predicted molar refractivity (Wildman–Crippen MR) is 74.7 cm³/mol. The van der Waals surface area contributed by atoms with Gasteiger partial charge in [0.1, 0.15) is 0 Å². The molecule has 7 nitrogen and oxygen atoms in total. The molecule has 0 radical (unpaired) electrons. The summed E-state index contributed by atoms with van der Waals surface area (Å²) >= 11 is 6.83. The third-order valence-electron chi connectivity index (χ3n) is 0.659. The van der Waals surface area contributed by atoms with Gasteiger partial charge in [0.15, 0.2) is 0 Å². The van der Waals surface area contributed by atoms with E-state index in [1.165, 1.54) is 0 Å². The summed E-state index contributed by atoms with van der Waals surface area (Å²) in [5.74, 6) is -1.93. The number of carboxylic acids is 2. The Hall–Kier alpha value is -0.480. The SMILES string of the molecule is CCOC.O=C(O)CS.O=C(O)CS.OCCO. The highest BCUT2D eigenvalue weighted by atomic mass is 32.1. The first-order valence-electron chi connectivity index (χ1n) is 4.73. The second-order valence-electron chi connectivity index (χ2n) is 2.13. The van der Waals surface area contributed by atoms with Gasteiger partial charge in [0, 0.05) is 13.7 Å². The molecule has 0 atom stereocenters. The van der Waals surface area contributed by atoms with Gasteiger partial charge in [-0.25, -0.2) is 0 Å². The van der Waals surface area contributed by atoms with Gasteiger partial charge in [0.2, 0.25) is 0 Å². The number of rotatable bonds is 4. The lowest BCUT2D eigenvalue weighted by Crippen LogP contribution is -1.92. The molecular formula is C9H22O7S2. The molecule has 0 saturated heterocycles. The molecule has 0 bridgehead atoms. The van der Waals surface area contributed by atoms with Crippen LogP contribution >= 0.6 is 25.3 Å². The molecule has 0 aliphatic carbocycles. The van der Waals surface area contributed by atoms with Gasteiger partial charge in [-0.2, -0.15) is 25.3 Å². The molecule has 0 aromatic carbocycles. The fraction of sp³-hybridized carbons (Fsp3) is 0.778. The highest BCUT2D eigenvalue weighted by molar-refractivity contribution is 7.81. The molecule has 0 heterocycles. The summed E-state index contributed by atoms with van der Waals surface area (Å²) < 4.78 is 4.54. The topological polar surface area (TPSA) is 124 Å². The van der Waals surface area contributed by atoms with E-state index in [-0.39, 0.29) is 24.7 Å². The average Bonchev–Trinajstić information content (AvgIpc) is 2.39. The maximum absolute atomic E-state index is 9.29. The number of aliphatic carboxylic acids is 2. The van der Waals surface area contributed by atoms with Crippen LogP contribution in [0.25, 0.3) is 0 Å². The van der Waals surface area contributed by atoms with Crippen LogP contribution in [0, 0.1) is 0 Å². The second kappa shape index (κ2) is 30.0. The standard InChI is InChI=1S/C3H8O.2C2H4O2S.C2H6O2/c1-3-4-2;2*3-2(4)1-5;3-1-2-4/h3H2,1-2H3;2*5H,1H2,(H,3,4);3-4H,1-2H2. The predicted octanol–water partition coefficient (Wildman–Crippen LogP) is -0.375. The summed E-state index contributed by atoms with van der Waals surface area (Å²) in [6.07, 6.45) is 0. The summed E-state index contributed by atoms with van der Waals surface area (Å²) in [6.45, 7) is 2.53. The van der Waals surface area contributed by atoms with Crippen molar-refractivity contribution in [1.82, 2.24) is 0 Å². The Morgan fingerprint density at radius 3 is 1.17 bits per heavy atom. The van der Waals surface area contributed by atoms with Crippen molar-refractivity contribution in [3.05, 3.63) is 0 Å². The third kappa shape index (κ3) is 107. The van der Waals surface area contributed by atoms with Crippen molar-refractivity contribution >= 4 is 37.2 Å². The van der Waals surface area contributed by atoms with E-state index in [0.717, 1.165) is 6.61 Å². The zero-order valence-electron chi connectivity index (χ0n) is 10.4. The van der Waals surface area contributed by atoms with Gasteiger partial charge >= 0.3 is 11.9 Å². The highest BCUT2D eigenvalue weighted by Crippen LogP contribution is 1.66. The van der Waals surface area contributed by atoms with Gasteiger partial charge < -0.3 is 25.2 Å². The van der Waals surface area contributed by atoms with Crippen molar-refractivity contribution in [2.75, 3.05) is 38.4 Å². The number of ether oxygens (including phenoxy) is 1. The molecule has 9 heteroatoms. The van der Waals surface area contributed by atoms with Crippen molar-refractivity contribution in [2.45, 2.75) is 6.92 Å². The quantitative estimate of drug-likeness (QED) is 0.391. The zero-order chi connectivity index (χ0) is 15.4. The molecular weight excluding hydrogens is 284 g/mol. The fourth-order valence-electron chi connectivity index (χ4n) is 0. The lowest BCUT2D eigenvalue weighted by atomic mass is 10.8. The van der Waals surface area contributed by atoms with Crippen LogP contribution in [-0.2, 0) is 14.3 Å². The average molecular weight is 306 g/mol. The van der Waals surface area contributed by atoms with Crippen molar-refractivity contribution in [1.29, 1.82) is 0 Å². The minimum Gasteiger partial charge on any atom is -0.481 e. The van der Waals surface area contributed by atoms with E-state index < -0.39 is 11.9 Å². The molecule has 0 aliphatic rings. The monoisotopic (exact) mass is 306 g/mol. The Morgan fingerprint density at radius 1 is 1.00 bits per heavy atom. The van der Waals surface area contributed by atoms with Gasteiger partial charge in [-0.05, 0) is 6.92 Å². The van der Waals surface area contributed by atoms with Gasteiger partial charge in [-0.15, -0.1) is 0 Å². The van der Waals surface area contributed by atoms with Crippen LogP contribution in [0.4, 0.5) is 0 Å². The molecule has 0 rings (SSSR count). The smallest absolute Gasteiger partial charge is 0.313 e. The number of hydrogen-bond acceptors (Lipinski definition) is 7. The maximum atomic E-state index is 9.29. The minimum atomic E-state index is -0.881. The van der Waals surface area contributed by atoms with Crippen LogP contribution in [0.5, 0.6) is 0 Å². The summed E-state index contributed by atoms with van der Waals surface area (Å²) in [4.78, 5) is 18.6. The Kier molecular flexibility index (Phi) is 43.6. The molecule has 0 unspecified atom stereocenters. The second-order valence-corrected chi connectivity index (χ2v) is 2.76. The molecule has 0 aromatic heterocycles. The van der Waals surface area contributed by atoms with Crippen LogP contribution in [-0.4, -0.2) is 70.8 Å². The van der Waals surface area contributed by atoms with Crippen LogP contribution in [0.1, 0.15) is 6.92 Å². The number of hydrogen-bond donors (Lipinski definition) is 6. The lowest BCUT2D eigenvalue weighted by Gasteiger charge is -1.76. The molecule has 0 spiro atoms. The number of carbonyl (C=O) groups is 2. The maximum Gasteiger partial charge on any atom is 0.313 e. The molecule has 112 valence electrons. The Morgan fingerprint density at radius 2 is 1.17 bits per heavy atom. The normalized spacial score (nSPS) is 7.44.